The molecule has 2 N–H and O–H groups in total. The molecule has 0 aromatic rings. The number of nitrogens with zero attached hydrogens (tertiary/aromatic N) is 2. The van der Waals surface area contributed by atoms with Gasteiger partial charge in [0.2, 0.25) is 0 Å². The lowest BCUT2D eigenvalue weighted by atomic mass is 10.2. The molecule has 0 aromatic heterocycles. The molecular weight excluding hydrogens is 423 g/mol. The maximum atomic E-state index is 5.21. The van der Waals surface area contributed by atoms with Gasteiger partial charge in [-0.05, 0) is 44.9 Å². The zero-order valence-electron chi connectivity index (χ0n) is 14.7. The van der Waals surface area contributed by atoms with Crippen LogP contribution in [0.1, 0.15) is 32.1 Å². The zero-order valence-corrected chi connectivity index (χ0v) is 17.9. The standard InChI is InChI=1S/C16H32N4OS.HI/c1-17-16(19-13-6-7-15(11-13)22-3)18-12-14-5-4-8-20(14)9-10-21-2;/h13-15H,4-12H2,1-3H3,(H2,17,18,19);1H. The van der Waals surface area contributed by atoms with Crippen molar-refractivity contribution in [3.63, 3.8) is 0 Å². The smallest absolute Gasteiger partial charge is 0.191 e. The summed E-state index contributed by atoms with van der Waals surface area (Å²) in [6.45, 7) is 4.02. The van der Waals surface area contributed by atoms with Crippen LogP contribution in [0.25, 0.3) is 0 Å². The lowest BCUT2D eigenvalue weighted by Crippen LogP contribution is -2.47. The molecule has 1 heterocycles. The third kappa shape index (κ3) is 6.96. The number of ether oxygens (including phenoxy) is 1. The Morgan fingerprint density at radius 2 is 2.17 bits per heavy atom. The highest BCUT2D eigenvalue weighted by Gasteiger charge is 2.26. The molecule has 2 fully saturated rings. The van der Waals surface area contributed by atoms with Gasteiger partial charge in [-0.15, -0.1) is 24.0 Å². The Bertz CT molecular complexity index is 359. The second-order valence-corrected chi connectivity index (χ2v) is 7.43. The molecule has 7 heteroatoms. The van der Waals surface area contributed by atoms with Crippen molar-refractivity contribution in [2.45, 2.75) is 49.4 Å². The van der Waals surface area contributed by atoms with Crippen LogP contribution in [0.4, 0.5) is 0 Å². The van der Waals surface area contributed by atoms with Crippen LogP contribution in [-0.4, -0.2) is 74.8 Å². The average Bonchev–Trinajstić information content (AvgIpc) is 3.18. The normalized spacial score (nSPS) is 28.7. The minimum absolute atomic E-state index is 0. The summed E-state index contributed by atoms with van der Waals surface area (Å²) in [4.78, 5) is 6.93. The van der Waals surface area contributed by atoms with Crippen LogP contribution in [-0.2, 0) is 4.74 Å². The summed E-state index contributed by atoms with van der Waals surface area (Å²) >= 11 is 1.99. The second kappa shape index (κ2) is 11.8. The molecule has 136 valence electrons. The highest BCUT2D eigenvalue weighted by atomic mass is 127. The molecule has 1 aliphatic heterocycles. The van der Waals surface area contributed by atoms with Crippen molar-refractivity contribution < 1.29 is 4.74 Å². The molecule has 0 bridgehead atoms. The summed E-state index contributed by atoms with van der Waals surface area (Å²) < 4.78 is 5.21. The van der Waals surface area contributed by atoms with Crippen molar-refractivity contribution in [3.05, 3.63) is 0 Å². The summed E-state index contributed by atoms with van der Waals surface area (Å²) in [7, 11) is 3.65. The summed E-state index contributed by atoms with van der Waals surface area (Å²) in [5.74, 6) is 0.963. The summed E-state index contributed by atoms with van der Waals surface area (Å²) in [5.41, 5.74) is 0. The first-order chi connectivity index (χ1) is 10.8. The predicted molar refractivity (Wildman–Crippen MR) is 111 cm³/mol. The van der Waals surface area contributed by atoms with E-state index in [0.29, 0.717) is 12.1 Å². The topological polar surface area (TPSA) is 48.9 Å². The van der Waals surface area contributed by atoms with Gasteiger partial charge in [0.05, 0.1) is 6.61 Å². The minimum Gasteiger partial charge on any atom is -0.383 e. The first kappa shape index (κ1) is 21.3. The van der Waals surface area contributed by atoms with Crippen LogP contribution >= 0.6 is 35.7 Å². The summed E-state index contributed by atoms with van der Waals surface area (Å²) in [6, 6.07) is 1.19. The van der Waals surface area contributed by atoms with Crippen molar-refractivity contribution >= 4 is 41.7 Å². The Kier molecular flexibility index (Phi) is 10.9. The molecule has 3 atom stereocenters. The lowest BCUT2D eigenvalue weighted by Gasteiger charge is -2.26. The van der Waals surface area contributed by atoms with E-state index in [1.165, 1.54) is 38.6 Å². The number of hydrogen-bond acceptors (Lipinski definition) is 4. The Labute approximate surface area is 162 Å². The van der Waals surface area contributed by atoms with Gasteiger partial charge in [0.25, 0.3) is 0 Å². The van der Waals surface area contributed by atoms with Gasteiger partial charge in [-0.25, -0.2) is 0 Å². The van der Waals surface area contributed by atoms with Crippen molar-refractivity contribution in [1.82, 2.24) is 15.5 Å². The molecule has 5 nitrogen and oxygen atoms in total. The van der Waals surface area contributed by atoms with E-state index in [9.17, 15) is 0 Å². The van der Waals surface area contributed by atoms with Crippen LogP contribution in [0.3, 0.4) is 0 Å². The van der Waals surface area contributed by atoms with E-state index < -0.39 is 0 Å². The van der Waals surface area contributed by atoms with Crippen molar-refractivity contribution in [2.75, 3.05) is 46.7 Å². The van der Waals surface area contributed by atoms with Gasteiger partial charge in [0.1, 0.15) is 0 Å². The number of thioether (sulfide) groups is 1. The maximum Gasteiger partial charge on any atom is 0.191 e. The Balaban J connectivity index is 0.00000264. The van der Waals surface area contributed by atoms with E-state index in [-0.39, 0.29) is 24.0 Å². The number of guanidine groups is 1. The van der Waals surface area contributed by atoms with Crippen LogP contribution in [0, 0.1) is 0 Å². The van der Waals surface area contributed by atoms with Gasteiger partial charge in [-0.3, -0.25) is 9.89 Å². The maximum absolute atomic E-state index is 5.21. The number of methoxy groups -OCH3 is 1. The van der Waals surface area contributed by atoms with Gasteiger partial charge in [-0.2, -0.15) is 11.8 Å². The van der Waals surface area contributed by atoms with E-state index in [2.05, 4.69) is 26.8 Å². The second-order valence-electron chi connectivity index (χ2n) is 6.29. The molecule has 1 saturated carbocycles. The number of rotatable bonds is 7. The van der Waals surface area contributed by atoms with Gasteiger partial charge in [-0.1, -0.05) is 0 Å². The van der Waals surface area contributed by atoms with Gasteiger partial charge in [0.15, 0.2) is 5.96 Å². The molecule has 23 heavy (non-hydrogen) atoms. The fourth-order valence-corrected chi connectivity index (χ4v) is 4.31. The molecule has 0 radical (unpaired) electrons. The van der Waals surface area contributed by atoms with E-state index in [1.54, 1.807) is 7.11 Å². The molecule has 0 aromatic carbocycles. The van der Waals surface area contributed by atoms with E-state index in [4.69, 9.17) is 4.74 Å². The average molecular weight is 456 g/mol. The molecule has 0 spiro atoms. The van der Waals surface area contributed by atoms with Gasteiger partial charge in [0, 0.05) is 44.6 Å². The molecule has 2 rings (SSSR count). The SMILES string of the molecule is CN=C(NCC1CCCN1CCOC)NC1CCC(SC)C1.I. The first-order valence-corrected chi connectivity index (χ1v) is 9.78. The third-order valence-corrected chi connectivity index (χ3v) is 5.96. The molecule has 0 amide bonds. The molecule has 2 aliphatic rings. The quantitative estimate of drug-likeness (QED) is 0.350. The highest BCUT2D eigenvalue weighted by molar-refractivity contribution is 14.0. The molecule has 1 saturated heterocycles. The molecule has 1 aliphatic carbocycles. The zero-order chi connectivity index (χ0) is 15.8. The number of aliphatic imine (C=N–C) groups is 1. The van der Waals surface area contributed by atoms with Crippen LogP contribution < -0.4 is 10.6 Å². The number of hydrogen-bond donors (Lipinski definition) is 2. The molecule has 3 unspecified atom stereocenters. The van der Waals surface area contributed by atoms with Gasteiger partial charge >= 0.3 is 0 Å². The number of likely N-dealkylation sites (tertiary alicyclic amines) is 1. The largest absolute Gasteiger partial charge is 0.383 e. The van der Waals surface area contributed by atoms with Crippen molar-refractivity contribution in [3.8, 4) is 0 Å². The monoisotopic (exact) mass is 456 g/mol. The fourth-order valence-electron chi connectivity index (χ4n) is 3.52. The van der Waals surface area contributed by atoms with Gasteiger partial charge < -0.3 is 15.4 Å². The van der Waals surface area contributed by atoms with E-state index in [0.717, 1.165) is 30.9 Å². The number of nitrogens with one attached hydrogen (secondary N) is 2. The van der Waals surface area contributed by atoms with Crippen molar-refractivity contribution in [2.24, 2.45) is 4.99 Å². The number of halogens is 1. The predicted octanol–water partition coefficient (Wildman–Crippen LogP) is 2.16. The first-order valence-electron chi connectivity index (χ1n) is 8.49. The lowest BCUT2D eigenvalue weighted by molar-refractivity contribution is 0.141. The van der Waals surface area contributed by atoms with E-state index in [1.807, 2.05) is 18.8 Å². The summed E-state index contributed by atoms with van der Waals surface area (Å²) in [6.07, 6.45) is 8.62. The Hall–Kier alpha value is 0.270. The van der Waals surface area contributed by atoms with Crippen LogP contribution in [0.2, 0.25) is 0 Å². The summed E-state index contributed by atoms with van der Waals surface area (Å²) in [5, 5.41) is 7.94. The van der Waals surface area contributed by atoms with Crippen LogP contribution in [0.5, 0.6) is 0 Å². The van der Waals surface area contributed by atoms with E-state index >= 15 is 0 Å². The third-order valence-electron chi connectivity index (χ3n) is 4.87. The highest BCUT2D eigenvalue weighted by Crippen LogP contribution is 2.28. The van der Waals surface area contributed by atoms with Crippen LogP contribution in [0.15, 0.2) is 4.99 Å². The Morgan fingerprint density at radius 3 is 2.83 bits per heavy atom. The molecular formula is C16H33IN4OS. The fraction of sp³-hybridized carbons (Fsp3) is 0.938. The van der Waals surface area contributed by atoms with Crippen molar-refractivity contribution in [1.29, 1.82) is 0 Å². The Morgan fingerprint density at radius 1 is 1.35 bits per heavy atom. The minimum atomic E-state index is 0.